The molecule has 0 aromatic heterocycles. The van der Waals surface area contributed by atoms with E-state index in [-0.39, 0.29) is 5.91 Å². The zero-order valence-corrected chi connectivity index (χ0v) is 12.0. The zero-order chi connectivity index (χ0) is 14.0. The van der Waals surface area contributed by atoms with Crippen LogP contribution in [-0.2, 0) is 4.79 Å². The van der Waals surface area contributed by atoms with Crippen molar-refractivity contribution >= 4 is 12.6 Å². The number of allylic oxidation sites excluding steroid dienone is 2. The largest absolute Gasteiger partial charge is 0.351 e. The predicted molar refractivity (Wildman–Crippen MR) is 77.9 cm³/mol. The molecule has 0 aliphatic heterocycles. The van der Waals surface area contributed by atoms with Crippen LogP contribution in [0.25, 0.3) is 0 Å². The van der Waals surface area contributed by atoms with Crippen LogP contribution in [0.1, 0.15) is 27.7 Å². The fraction of sp³-hybridized carbons (Fsp3) is 0.571. The first-order chi connectivity index (χ1) is 8.54. The summed E-state index contributed by atoms with van der Waals surface area (Å²) in [5.41, 5.74) is 1.60. The van der Waals surface area contributed by atoms with E-state index in [2.05, 4.69) is 35.8 Å². The fourth-order valence-corrected chi connectivity index (χ4v) is 1.60. The van der Waals surface area contributed by atoms with E-state index < -0.39 is 0 Å². The monoisotopic (exact) mass is 251 g/mol. The number of carbonyl (C=O) groups is 1. The Morgan fingerprint density at radius 1 is 1.33 bits per heavy atom. The second kappa shape index (κ2) is 9.59. The molecule has 0 radical (unpaired) electrons. The topological polar surface area (TPSA) is 44.7 Å². The average Bonchev–Trinajstić information content (AvgIpc) is 2.34. The Morgan fingerprint density at radius 2 is 1.94 bits per heavy atom. The highest BCUT2D eigenvalue weighted by Gasteiger charge is 2.04. The minimum Gasteiger partial charge on any atom is -0.351 e. The molecule has 0 aromatic rings. The summed E-state index contributed by atoms with van der Waals surface area (Å²) in [5, 5.41) is 2.91. The van der Waals surface area contributed by atoms with E-state index in [0.29, 0.717) is 12.1 Å². The van der Waals surface area contributed by atoms with Crippen molar-refractivity contribution in [2.24, 2.45) is 4.99 Å². The van der Waals surface area contributed by atoms with Gasteiger partial charge in [-0.05, 0) is 45.3 Å². The van der Waals surface area contributed by atoms with Crippen LogP contribution in [0.2, 0.25) is 0 Å². The molecule has 102 valence electrons. The van der Waals surface area contributed by atoms with Gasteiger partial charge in [0, 0.05) is 24.9 Å². The van der Waals surface area contributed by atoms with Crippen molar-refractivity contribution in [1.29, 1.82) is 0 Å². The van der Waals surface area contributed by atoms with Crippen LogP contribution in [0.4, 0.5) is 0 Å². The Hall–Kier alpha value is -1.42. The third-order valence-electron chi connectivity index (χ3n) is 2.71. The Kier molecular flexibility index (Phi) is 8.84. The van der Waals surface area contributed by atoms with Crippen molar-refractivity contribution < 1.29 is 4.79 Å². The Morgan fingerprint density at radius 3 is 2.44 bits per heavy atom. The quantitative estimate of drug-likeness (QED) is 0.407. The summed E-state index contributed by atoms with van der Waals surface area (Å²) in [5.74, 6) is -0.0287. The number of amides is 1. The lowest BCUT2D eigenvalue weighted by molar-refractivity contribution is -0.117. The molecule has 0 bridgehead atoms. The summed E-state index contributed by atoms with van der Waals surface area (Å²) in [4.78, 5) is 17.7. The van der Waals surface area contributed by atoms with E-state index in [9.17, 15) is 4.79 Å². The van der Waals surface area contributed by atoms with Crippen LogP contribution >= 0.6 is 0 Å². The minimum absolute atomic E-state index is 0.0287. The Labute approximate surface area is 110 Å². The van der Waals surface area contributed by atoms with E-state index in [0.717, 1.165) is 25.2 Å². The number of aliphatic imine (C=N–C) groups is 1. The van der Waals surface area contributed by atoms with Crippen molar-refractivity contribution in [3.8, 4) is 0 Å². The number of carbonyl (C=O) groups excluding carboxylic acids is 1. The molecule has 0 saturated carbocycles. The normalized spacial score (nSPS) is 12.7. The Balaban J connectivity index is 4.17. The first-order valence-corrected chi connectivity index (χ1v) is 6.36. The van der Waals surface area contributed by atoms with E-state index in [4.69, 9.17) is 0 Å². The highest BCUT2D eigenvalue weighted by Crippen LogP contribution is 2.01. The van der Waals surface area contributed by atoms with E-state index >= 15 is 0 Å². The number of likely N-dealkylation sites (N-methyl/N-ethyl adjacent to an activating group) is 1. The summed E-state index contributed by atoms with van der Waals surface area (Å²) < 4.78 is 0. The number of nitrogens with one attached hydrogen (secondary N) is 1. The highest BCUT2D eigenvalue weighted by atomic mass is 16.1. The van der Waals surface area contributed by atoms with Gasteiger partial charge in [0.05, 0.1) is 0 Å². The smallest absolute Gasteiger partial charge is 0.246 e. The molecular weight excluding hydrogens is 226 g/mol. The van der Waals surface area contributed by atoms with Gasteiger partial charge >= 0.3 is 0 Å². The standard InChI is InChI=1S/C14H25N3O/c1-6-17(7-2)9-8-16-14(18)13(4)10-12(3)11-15-5/h10-11H,5-9H2,1-4H3,(H,16,18)/b12-11-,13-10+. The van der Waals surface area contributed by atoms with Crippen LogP contribution in [0, 0.1) is 0 Å². The maximum absolute atomic E-state index is 11.8. The van der Waals surface area contributed by atoms with Gasteiger partial charge in [-0.1, -0.05) is 13.8 Å². The predicted octanol–water partition coefficient (Wildman–Crippen LogP) is 2.00. The van der Waals surface area contributed by atoms with Crippen molar-refractivity contribution in [3.05, 3.63) is 23.4 Å². The van der Waals surface area contributed by atoms with Crippen molar-refractivity contribution in [1.82, 2.24) is 10.2 Å². The molecule has 0 heterocycles. The second-order valence-corrected chi connectivity index (χ2v) is 4.17. The van der Waals surface area contributed by atoms with Crippen LogP contribution in [-0.4, -0.2) is 43.7 Å². The SMILES string of the molecule is C=N/C=C(C)\C=C(/C)C(=O)NCCN(CC)CC. The molecule has 1 amide bonds. The maximum atomic E-state index is 11.8. The first kappa shape index (κ1) is 16.6. The summed E-state index contributed by atoms with van der Waals surface area (Å²) >= 11 is 0. The van der Waals surface area contributed by atoms with E-state index in [1.807, 2.05) is 6.92 Å². The molecule has 0 aliphatic carbocycles. The Bertz CT molecular complexity index is 328. The minimum atomic E-state index is -0.0287. The summed E-state index contributed by atoms with van der Waals surface area (Å²) in [6.07, 6.45) is 3.44. The van der Waals surface area contributed by atoms with E-state index in [1.54, 1.807) is 19.2 Å². The van der Waals surface area contributed by atoms with E-state index in [1.165, 1.54) is 0 Å². The molecule has 0 aliphatic rings. The lowest BCUT2D eigenvalue weighted by Crippen LogP contribution is -2.35. The van der Waals surface area contributed by atoms with Gasteiger partial charge in [0.25, 0.3) is 0 Å². The maximum Gasteiger partial charge on any atom is 0.246 e. The summed E-state index contributed by atoms with van der Waals surface area (Å²) in [6, 6.07) is 0. The molecule has 0 spiro atoms. The van der Waals surface area contributed by atoms with Crippen molar-refractivity contribution in [2.75, 3.05) is 26.2 Å². The van der Waals surface area contributed by atoms with Crippen LogP contribution in [0.5, 0.6) is 0 Å². The van der Waals surface area contributed by atoms with Gasteiger partial charge in [-0.25, -0.2) is 0 Å². The lowest BCUT2D eigenvalue weighted by Gasteiger charge is -2.18. The van der Waals surface area contributed by atoms with Crippen LogP contribution < -0.4 is 5.32 Å². The van der Waals surface area contributed by atoms with Crippen molar-refractivity contribution in [3.63, 3.8) is 0 Å². The van der Waals surface area contributed by atoms with Crippen LogP contribution in [0.3, 0.4) is 0 Å². The van der Waals surface area contributed by atoms with Gasteiger partial charge in [-0.3, -0.25) is 9.79 Å². The summed E-state index contributed by atoms with van der Waals surface area (Å²) in [6.45, 7) is 14.9. The number of rotatable bonds is 8. The number of hydrogen-bond donors (Lipinski definition) is 1. The molecule has 0 fully saturated rings. The number of nitrogens with zero attached hydrogens (tertiary/aromatic N) is 2. The second-order valence-electron chi connectivity index (χ2n) is 4.17. The molecule has 4 nitrogen and oxygen atoms in total. The molecule has 0 saturated heterocycles. The molecular formula is C14H25N3O. The highest BCUT2D eigenvalue weighted by molar-refractivity contribution is 5.93. The molecule has 4 heteroatoms. The lowest BCUT2D eigenvalue weighted by atomic mass is 10.2. The van der Waals surface area contributed by atoms with Gasteiger partial charge < -0.3 is 10.2 Å². The molecule has 1 N–H and O–H groups in total. The third kappa shape index (κ3) is 7.01. The third-order valence-corrected chi connectivity index (χ3v) is 2.71. The number of hydrogen-bond acceptors (Lipinski definition) is 3. The first-order valence-electron chi connectivity index (χ1n) is 6.36. The van der Waals surface area contributed by atoms with Crippen LogP contribution in [0.15, 0.2) is 28.4 Å². The van der Waals surface area contributed by atoms with Gasteiger partial charge in [-0.15, -0.1) is 0 Å². The molecule has 0 aromatic carbocycles. The van der Waals surface area contributed by atoms with Gasteiger partial charge in [0.1, 0.15) is 0 Å². The van der Waals surface area contributed by atoms with Crippen molar-refractivity contribution in [2.45, 2.75) is 27.7 Å². The van der Waals surface area contributed by atoms with Gasteiger partial charge in [-0.2, -0.15) is 0 Å². The summed E-state index contributed by atoms with van der Waals surface area (Å²) in [7, 11) is 0. The molecule has 0 unspecified atom stereocenters. The van der Waals surface area contributed by atoms with Gasteiger partial charge in [0.15, 0.2) is 0 Å². The molecule has 0 rings (SSSR count). The zero-order valence-electron chi connectivity index (χ0n) is 12.0. The average molecular weight is 251 g/mol. The van der Waals surface area contributed by atoms with Gasteiger partial charge in [0.2, 0.25) is 5.91 Å². The fourth-order valence-electron chi connectivity index (χ4n) is 1.60. The molecule has 0 atom stereocenters. The molecule has 18 heavy (non-hydrogen) atoms.